The lowest BCUT2D eigenvalue weighted by Crippen LogP contribution is -2.24. The number of hydrogen-bond acceptors (Lipinski definition) is 7. The lowest BCUT2D eigenvalue weighted by atomic mass is 10.1. The highest BCUT2D eigenvalue weighted by molar-refractivity contribution is 5.80. The second kappa shape index (κ2) is 7.27. The van der Waals surface area contributed by atoms with Crippen LogP contribution in [0.4, 0.5) is 11.6 Å². The van der Waals surface area contributed by atoms with E-state index >= 15 is 0 Å². The highest BCUT2D eigenvalue weighted by atomic mass is 16.5. The molecule has 0 amide bonds. The van der Waals surface area contributed by atoms with E-state index < -0.39 is 18.4 Å². The van der Waals surface area contributed by atoms with Crippen molar-refractivity contribution < 1.29 is 14.9 Å². The Morgan fingerprint density at radius 3 is 2.88 bits per heavy atom. The molecule has 2 aromatic carbocycles. The summed E-state index contributed by atoms with van der Waals surface area (Å²) in [7, 11) is 0. The van der Waals surface area contributed by atoms with E-state index in [2.05, 4.69) is 44.5 Å². The van der Waals surface area contributed by atoms with Gasteiger partial charge in [-0.25, -0.2) is 4.98 Å². The van der Waals surface area contributed by atoms with Crippen LogP contribution in [0, 0.1) is 0 Å². The Morgan fingerprint density at radius 1 is 1.19 bits per heavy atom. The predicted octanol–water partition coefficient (Wildman–Crippen LogP) is 2.08. The summed E-state index contributed by atoms with van der Waals surface area (Å²) in [5, 5.41) is 22.6. The van der Waals surface area contributed by atoms with Gasteiger partial charge in [0.2, 0.25) is 5.95 Å². The first-order valence-corrected chi connectivity index (χ1v) is 10.5. The number of fused-ring (bicyclic) bond motifs is 4. The molecule has 9 heteroatoms. The van der Waals surface area contributed by atoms with Crippen molar-refractivity contribution in [3.63, 3.8) is 0 Å². The Hall–Kier alpha value is -3.53. The fraction of sp³-hybridized carbons (Fsp3) is 0.261. The minimum Gasteiger partial charge on any atom is -0.394 e. The number of anilines is 2. The van der Waals surface area contributed by atoms with Crippen molar-refractivity contribution in [2.45, 2.75) is 31.3 Å². The van der Waals surface area contributed by atoms with Crippen LogP contribution in [0.2, 0.25) is 0 Å². The van der Waals surface area contributed by atoms with Gasteiger partial charge in [-0.2, -0.15) is 4.98 Å². The molecule has 0 unspecified atom stereocenters. The predicted molar refractivity (Wildman–Crippen MR) is 118 cm³/mol. The van der Waals surface area contributed by atoms with Crippen LogP contribution in [0.1, 0.15) is 23.8 Å². The molecule has 1 aliphatic heterocycles. The van der Waals surface area contributed by atoms with E-state index in [1.165, 1.54) is 28.6 Å². The molecule has 0 spiro atoms. The quantitative estimate of drug-likeness (QED) is 0.343. The maximum absolute atomic E-state index is 12.6. The van der Waals surface area contributed by atoms with E-state index in [4.69, 9.17) is 4.74 Å². The Bertz CT molecular complexity index is 1390. The fourth-order valence-corrected chi connectivity index (χ4v) is 4.58. The number of aliphatic hydroxyl groups is 2. The second-order valence-corrected chi connectivity index (χ2v) is 8.18. The van der Waals surface area contributed by atoms with Crippen molar-refractivity contribution in [1.82, 2.24) is 19.5 Å². The normalized spacial score (nSPS) is 21.6. The number of nitrogens with zero attached hydrogens (tertiary/aromatic N) is 3. The van der Waals surface area contributed by atoms with E-state index in [-0.39, 0.29) is 30.1 Å². The molecule has 3 atom stereocenters. The second-order valence-electron chi connectivity index (χ2n) is 8.18. The van der Waals surface area contributed by atoms with Crippen LogP contribution in [0.15, 0.2) is 53.6 Å². The highest BCUT2D eigenvalue weighted by Gasteiger charge is 2.35. The number of ether oxygens (including phenoxy) is 1. The van der Waals surface area contributed by atoms with Gasteiger partial charge in [-0.3, -0.25) is 14.3 Å². The van der Waals surface area contributed by atoms with Gasteiger partial charge in [0.15, 0.2) is 11.2 Å². The van der Waals surface area contributed by atoms with Crippen molar-refractivity contribution in [2.75, 3.05) is 11.9 Å². The number of nitrogens with one attached hydrogen (secondary N) is 2. The van der Waals surface area contributed by atoms with E-state index in [9.17, 15) is 15.0 Å². The minimum atomic E-state index is -0.795. The smallest absolute Gasteiger partial charge is 0.280 e. The summed E-state index contributed by atoms with van der Waals surface area (Å²) < 4.78 is 7.33. The topological polar surface area (TPSA) is 125 Å². The first-order valence-electron chi connectivity index (χ1n) is 10.5. The zero-order valence-electron chi connectivity index (χ0n) is 17.0. The number of imidazole rings is 1. The molecule has 1 fully saturated rings. The van der Waals surface area contributed by atoms with E-state index in [1.807, 2.05) is 18.2 Å². The van der Waals surface area contributed by atoms with Crippen molar-refractivity contribution in [1.29, 1.82) is 0 Å². The Kier molecular flexibility index (Phi) is 4.35. The lowest BCUT2D eigenvalue weighted by molar-refractivity contribution is -0.0432. The van der Waals surface area contributed by atoms with Crippen LogP contribution in [0.5, 0.6) is 0 Å². The van der Waals surface area contributed by atoms with Gasteiger partial charge in [-0.1, -0.05) is 30.3 Å². The van der Waals surface area contributed by atoms with E-state index in [0.29, 0.717) is 5.65 Å². The van der Waals surface area contributed by atoms with Crippen LogP contribution in [-0.4, -0.2) is 48.5 Å². The Balaban J connectivity index is 1.35. The third kappa shape index (κ3) is 3.01. The third-order valence-corrected chi connectivity index (χ3v) is 6.19. The fourth-order valence-electron chi connectivity index (χ4n) is 4.58. The van der Waals surface area contributed by atoms with Gasteiger partial charge >= 0.3 is 0 Å². The number of rotatable bonds is 4. The maximum atomic E-state index is 12.6. The largest absolute Gasteiger partial charge is 0.394 e. The summed E-state index contributed by atoms with van der Waals surface area (Å²) >= 11 is 0. The number of aromatic amines is 1. The number of aliphatic hydroxyl groups excluding tert-OH is 2. The first-order chi connectivity index (χ1) is 15.6. The summed E-state index contributed by atoms with van der Waals surface area (Å²) in [6.45, 7) is -0.285. The van der Waals surface area contributed by atoms with Gasteiger partial charge in [-0.15, -0.1) is 0 Å². The van der Waals surface area contributed by atoms with Crippen LogP contribution < -0.4 is 10.9 Å². The van der Waals surface area contributed by atoms with Gasteiger partial charge in [0.1, 0.15) is 12.3 Å². The van der Waals surface area contributed by atoms with Gasteiger partial charge in [0, 0.05) is 12.1 Å². The first kappa shape index (κ1) is 19.2. The molecule has 1 saturated heterocycles. The number of H-pyrrole nitrogens is 1. The maximum Gasteiger partial charge on any atom is 0.280 e. The van der Waals surface area contributed by atoms with Gasteiger partial charge in [0.05, 0.1) is 19.0 Å². The molecule has 3 heterocycles. The molecule has 0 saturated carbocycles. The molecule has 0 bridgehead atoms. The Labute approximate surface area is 182 Å². The molecule has 32 heavy (non-hydrogen) atoms. The molecule has 1 aliphatic carbocycles. The molecular formula is C23H21N5O4. The Morgan fingerprint density at radius 2 is 2.03 bits per heavy atom. The van der Waals surface area contributed by atoms with Crippen LogP contribution in [-0.2, 0) is 11.2 Å². The van der Waals surface area contributed by atoms with Crippen LogP contribution in [0.25, 0.3) is 22.3 Å². The van der Waals surface area contributed by atoms with Gasteiger partial charge in [-0.05, 0) is 40.8 Å². The standard InChI is InChI=1S/C23H21N5O4/c29-10-18-17(30)9-19(32-18)28-11-24-20-21(28)26-23(27-22(20)31)25-14-6-5-13-7-12-3-1-2-4-15(12)16(13)8-14/h1-6,8,11,17-19,29-30H,7,9-10H2,(H2,25,26,27,31)/t17-,18+,19+/m0/s1. The van der Waals surface area contributed by atoms with Crippen LogP contribution in [0.3, 0.4) is 0 Å². The van der Waals surface area contributed by atoms with Gasteiger partial charge in [0.25, 0.3) is 5.56 Å². The highest BCUT2D eigenvalue weighted by Crippen LogP contribution is 2.38. The molecule has 6 rings (SSSR count). The lowest BCUT2D eigenvalue weighted by Gasteiger charge is -2.14. The van der Waals surface area contributed by atoms with Crippen molar-refractivity contribution in [3.05, 3.63) is 70.3 Å². The molecule has 2 aliphatic rings. The SMILES string of the molecule is O=c1[nH]c(Nc2ccc3c(c2)-c2ccccc2C3)nc2c1ncn2[C@H]1C[C@H](O)[C@@H](CO)O1. The molecule has 4 N–H and O–H groups in total. The zero-order chi connectivity index (χ0) is 21.8. The van der Waals surface area contributed by atoms with Crippen molar-refractivity contribution in [3.8, 4) is 11.1 Å². The average molecular weight is 431 g/mol. The third-order valence-electron chi connectivity index (χ3n) is 6.19. The van der Waals surface area contributed by atoms with Crippen molar-refractivity contribution in [2.24, 2.45) is 0 Å². The van der Waals surface area contributed by atoms with E-state index in [1.54, 1.807) is 4.57 Å². The zero-order valence-corrected chi connectivity index (χ0v) is 17.0. The monoisotopic (exact) mass is 431 g/mol. The summed E-state index contributed by atoms with van der Waals surface area (Å²) in [6.07, 6.45) is 0.625. The molecule has 2 aromatic heterocycles. The molecular weight excluding hydrogens is 410 g/mol. The van der Waals surface area contributed by atoms with E-state index in [0.717, 1.165) is 12.1 Å². The molecule has 4 aromatic rings. The summed E-state index contributed by atoms with van der Waals surface area (Å²) in [5.74, 6) is 0.285. The summed E-state index contributed by atoms with van der Waals surface area (Å²) in [4.78, 5) is 24.1. The molecule has 162 valence electrons. The molecule has 9 nitrogen and oxygen atoms in total. The number of benzene rings is 2. The van der Waals surface area contributed by atoms with Gasteiger partial charge < -0.3 is 20.3 Å². The average Bonchev–Trinajstić information content (AvgIpc) is 3.48. The van der Waals surface area contributed by atoms with Crippen LogP contribution >= 0.6 is 0 Å². The summed E-state index contributed by atoms with van der Waals surface area (Å²) in [6, 6.07) is 14.4. The number of hydrogen-bond donors (Lipinski definition) is 4. The van der Waals surface area contributed by atoms with Crippen molar-refractivity contribution >= 4 is 22.8 Å². The summed E-state index contributed by atoms with van der Waals surface area (Å²) in [5.41, 5.74) is 5.92. The molecule has 0 radical (unpaired) electrons. The number of aromatic nitrogens is 4. The minimum absolute atomic E-state index is 0.184.